The third-order valence-corrected chi connectivity index (χ3v) is 3.01. The summed E-state index contributed by atoms with van der Waals surface area (Å²) in [5.41, 5.74) is 0. The van der Waals surface area contributed by atoms with Gasteiger partial charge in [0.1, 0.15) is 0 Å². The van der Waals surface area contributed by atoms with Crippen LogP contribution in [0.1, 0.15) is 46.0 Å². The molecule has 1 rings (SSSR count). The molecule has 1 saturated carbocycles. The van der Waals surface area contributed by atoms with Crippen LogP contribution >= 0.6 is 0 Å². The monoisotopic (exact) mass is 199 g/mol. The molecule has 0 heterocycles. The first kappa shape index (κ1) is 12.0. The van der Waals surface area contributed by atoms with Crippen molar-refractivity contribution in [1.82, 2.24) is 5.32 Å². The van der Waals surface area contributed by atoms with E-state index in [-0.39, 0.29) is 0 Å². The quantitative estimate of drug-likeness (QED) is 0.607. The van der Waals surface area contributed by atoms with E-state index in [0.29, 0.717) is 6.04 Å². The summed E-state index contributed by atoms with van der Waals surface area (Å²) in [6, 6.07) is 0.511. The maximum atomic E-state index is 5.64. The summed E-state index contributed by atoms with van der Waals surface area (Å²) in [5.74, 6) is 0.980. The lowest BCUT2D eigenvalue weighted by molar-refractivity contribution is 0.0923. The van der Waals surface area contributed by atoms with Crippen molar-refractivity contribution in [2.45, 2.75) is 52.0 Å². The van der Waals surface area contributed by atoms with E-state index in [1.165, 1.54) is 32.1 Å². The van der Waals surface area contributed by atoms with Gasteiger partial charge in [-0.3, -0.25) is 0 Å². The van der Waals surface area contributed by atoms with E-state index >= 15 is 0 Å². The number of rotatable bonds is 8. The summed E-state index contributed by atoms with van der Waals surface area (Å²) >= 11 is 0. The van der Waals surface area contributed by atoms with E-state index in [9.17, 15) is 0 Å². The van der Waals surface area contributed by atoms with E-state index in [2.05, 4.69) is 19.2 Å². The van der Waals surface area contributed by atoms with Gasteiger partial charge in [-0.25, -0.2) is 0 Å². The topological polar surface area (TPSA) is 21.3 Å². The standard InChI is InChI=1S/C12H25NO/c1-3-8-13-11(2)10-14-9-7-12-5-4-6-12/h11-13H,3-10H2,1-2H3. The van der Waals surface area contributed by atoms with Crippen LogP contribution in [0.3, 0.4) is 0 Å². The van der Waals surface area contributed by atoms with Gasteiger partial charge in [0, 0.05) is 12.6 Å². The van der Waals surface area contributed by atoms with Crippen LogP contribution in [0.2, 0.25) is 0 Å². The molecule has 0 saturated heterocycles. The molecule has 2 nitrogen and oxygen atoms in total. The smallest absolute Gasteiger partial charge is 0.0616 e. The highest BCUT2D eigenvalue weighted by atomic mass is 16.5. The first-order valence-electron chi connectivity index (χ1n) is 6.14. The minimum Gasteiger partial charge on any atom is -0.380 e. The fourth-order valence-corrected chi connectivity index (χ4v) is 1.74. The Balaban J connectivity index is 1.81. The Kier molecular flexibility index (Phi) is 6.20. The minimum absolute atomic E-state index is 0.511. The lowest BCUT2D eigenvalue weighted by Gasteiger charge is -2.25. The number of hydrogen-bond donors (Lipinski definition) is 1. The maximum Gasteiger partial charge on any atom is 0.0616 e. The summed E-state index contributed by atoms with van der Waals surface area (Å²) < 4.78 is 5.64. The molecule has 0 spiro atoms. The van der Waals surface area contributed by atoms with E-state index < -0.39 is 0 Å². The summed E-state index contributed by atoms with van der Waals surface area (Å²) in [4.78, 5) is 0. The lowest BCUT2D eigenvalue weighted by atomic mass is 9.83. The highest BCUT2D eigenvalue weighted by molar-refractivity contribution is 4.69. The van der Waals surface area contributed by atoms with Crippen LogP contribution in [0, 0.1) is 5.92 Å². The predicted molar refractivity (Wildman–Crippen MR) is 60.5 cm³/mol. The maximum absolute atomic E-state index is 5.64. The van der Waals surface area contributed by atoms with Gasteiger partial charge in [0.2, 0.25) is 0 Å². The summed E-state index contributed by atoms with van der Waals surface area (Å²) in [6.07, 6.45) is 6.80. The molecule has 0 aromatic heterocycles. The van der Waals surface area contributed by atoms with Crippen molar-refractivity contribution in [2.75, 3.05) is 19.8 Å². The molecule has 1 fully saturated rings. The van der Waals surface area contributed by atoms with Crippen molar-refractivity contribution in [2.24, 2.45) is 5.92 Å². The van der Waals surface area contributed by atoms with Crippen molar-refractivity contribution >= 4 is 0 Å². The van der Waals surface area contributed by atoms with Crippen molar-refractivity contribution < 1.29 is 4.74 Å². The normalized spacial score (nSPS) is 19.3. The highest BCUT2D eigenvalue weighted by Gasteiger charge is 2.16. The van der Waals surface area contributed by atoms with Crippen LogP contribution in [0.4, 0.5) is 0 Å². The zero-order chi connectivity index (χ0) is 10.2. The van der Waals surface area contributed by atoms with Gasteiger partial charge >= 0.3 is 0 Å². The molecule has 0 radical (unpaired) electrons. The second kappa shape index (κ2) is 7.24. The number of nitrogens with one attached hydrogen (secondary N) is 1. The molecule has 0 aromatic carbocycles. The van der Waals surface area contributed by atoms with Gasteiger partial charge in [-0.1, -0.05) is 26.2 Å². The van der Waals surface area contributed by atoms with Crippen LogP contribution < -0.4 is 5.32 Å². The zero-order valence-electron chi connectivity index (χ0n) is 9.72. The Bertz CT molecular complexity index is 134. The Hall–Kier alpha value is -0.0800. The molecular formula is C12H25NO. The van der Waals surface area contributed by atoms with Crippen molar-refractivity contribution in [3.63, 3.8) is 0 Å². The van der Waals surface area contributed by atoms with Crippen LogP contribution in [0.25, 0.3) is 0 Å². The van der Waals surface area contributed by atoms with E-state index in [4.69, 9.17) is 4.74 Å². The first-order valence-corrected chi connectivity index (χ1v) is 6.14. The fourth-order valence-electron chi connectivity index (χ4n) is 1.74. The summed E-state index contributed by atoms with van der Waals surface area (Å²) in [5, 5.41) is 3.42. The highest BCUT2D eigenvalue weighted by Crippen LogP contribution is 2.28. The predicted octanol–water partition coefficient (Wildman–Crippen LogP) is 2.58. The third kappa shape index (κ3) is 4.97. The molecule has 84 valence electrons. The van der Waals surface area contributed by atoms with Crippen molar-refractivity contribution in [3.8, 4) is 0 Å². The van der Waals surface area contributed by atoms with Gasteiger partial charge in [-0.2, -0.15) is 0 Å². The van der Waals surface area contributed by atoms with E-state index in [1.807, 2.05) is 0 Å². The van der Waals surface area contributed by atoms with Gasteiger partial charge in [-0.05, 0) is 32.2 Å². The van der Waals surface area contributed by atoms with Crippen molar-refractivity contribution in [1.29, 1.82) is 0 Å². The van der Waals surface area contributed by atoms with Crippen LogP contribution in [0.5, 0.6) is 0 Å². The van der Waals surface area contributed by atoms with Crippen LogP contribution in [0.15, 0.2) is 0 Å². The largest absolute Gasteiger partial charge is 0.380 e. The van der Waals surface area contributed by atoms with Crippen LogP contribution in [-0.2, 0) is 4.74 Å². The average molecular weight is 199 g/mol. The molecular weight excluding hydrogens is 174 g/mol. The molecule has 0 amide bonds. The summed E-state index contributed by atoms with van der Waals surface area (Å²) in [7, 11) is 0. The fraction of sp³-hybridized carbons (Fsp3) is 1.00. The Morgan fingerprint density at radius 1 is 1.43 bits per heavy atom. The summed E-state index contributed by atoms with van der Waals surface area (Å²) in [6.45, 7) is 7.32. The molecule has 0 aromatic rings. The molecule has 1 atom stereocenters. The molecule has 2 heteroatoms. The molecule has 0 bridgehead atoms. The lowest BCUT2D eigenvalue weighted by Crippen LogP contribution is -2.31. The second-order valence-corrected chi connectivity index (χ2v) is 4.52. The van der Waals surface area contributed by atoms with E-state index in [0.717, 1.165) is 25.7 Å². The molecule has 14 heavy (non-hydrogen) atoms. The van der Waals surface area contributed by atoms with Crippen molar-refractivity contribution in [3.05, 3.63) is 0 Å². The van der Waals surface area contributed by atoms with Gasteiger partial charge in [0.25, 0.3) is 0 Å². The number of ether oxygens (including phenoxy) is 1. The molecule has 0 aliphatic heterocycles. The molecule has 1 aliphatic carbocycles. The van der Waals surface area contributed by atoms with Gasteiger partial charge in [-0.15, -0.1) is 0 Å². The zero-order valence-corrected chi connectivity index (χ0v) is 9.72. The minimum atomic E-state index is 0.511. The van der Waals surface area contributed by atoms with Gasteiger partial charge in [0.05, 0.1) is 6.61 Å². The first-order chi connectivity index (χ1) is 6.83. The molecule has 1 unspecified atom stereocenters. The molecule has 1 aliphatic rings. The third-order valence-electron chi connectivity index (χ3n) is 3.01. The second-order valence-electron chi connectivity index (χ2n) is 4.52. The average Bonchev–Trinajstić information content (AvgIpc) is 2.11. The Labute approximate surface area is 88.4 Å². The Morgan fingerprint density at radius 3 is 2.79 bits per heavy atom. The van der Waals surface area contributed by atoms with E-state index in [1.54, 1.807) is 0 Å². The van der Waals surface area contributed by atoms with Gasteiger partial charge < -0.3 is 10.1 Å². The SMILES string of the molecule is CCCNC(C)COCCC1CCC1. The number of hydrogen-bond acceptors (Lipinski definition) is 2. The van der Waals surface area contributed by atoms with Crippen LogP contribution in [-0.4, -0.2) is 25.8 Å². The Morgan fingerprint density at radius 2 is 2.21 bits per heavy atom. The molecule has 1 N–H and O–H groups in total. The van der Waals surface area contributed by atoms with Gasteiger partial charge in [0.15, 0.2) is 0 Å².